The smallest absolute Gasteiger partial charge is 0.252 e. The van der Waals surface area contributed by atoms with Crippen LogP contribution in [-0.4, -0.2) is 11.1 Å². The minimum absolute atomic E-state index is 0.183. The number of ether oxygens (including phenoxy) is 1. The van der Waals surface area contributed by atoms with E-state index in [2.05, 4.69) is 172 Å². The molecule has 11 aromatic rings. The number of para-hydroxylation sites is 5. The minimum Gasteiger partial charge on any atom is -0.456 e. The van der Waals surface area contributed by atoms with Crippen molar-refractivity contribution in [1.29, 1.82) is 0 Å². The second kappa shape index (κ2) is 11.8. The van der Waals surface area contributed by atoms with Gasteiger partial charge in [0.05, 0.1) is 37.7 Å². The summed E-state index contributed by atoms with van der Waals surface area (Å²) < 4.78 is 25.9. The molecule has 1 atom stereocenters. The highest BCUT2D eigenvalue weighted by molar-refractivity contribution is 8.03. The number of hydrogen-bond donors (Lipinski definition) is 0. The van der Waals surface area contributed by atoms with Gasteiger partial charge in [0.1, 0.15) is 11.5 Å². The summed E-state index contributed by atoms with van der Waals surface area (Å²) in [6, 6.07) is 67.2. The molecule has 0 saturated carbocycles. The van der Waals surface area contributed by atoms with Crippen molar-refractivity contribution in [3.05, 3.63) is 188 Å². The zero-order chi connectivity index (χ0) is 40.4. The van der Waals surface area contributed by atoms with Gasteiger partial charge in [-0.05, 0) is 101 Å². The Labute approximate surface area is 361 Å². The van der Waals surface area contributed by atoms with Gasteiger partial charge in [-0.15, -0.1) is 0 Å². The Morgan fingerprint density at radius 2 is 1.15 bits per heavy atom. The third kappa shape index (κ3) is 4.02. The highest BCUT2D eigenvalue weighted by atomic mass is 32.2. The van der Waals surface area contributed by atoms with E-state index in [9.17, 15) is 0 Å². The molecule has 0 radical (unpaired) electrons. The molecule has 62 heavy (non-hydrogen) atoms. The lowest BCUT2D eigenvalue weighted by Gasteiger charge is -2.46. The number of fused-ring (bicyclic) bond motifs is 15. The fraction of sp³-hybridized carbons (Fsp3) is 0. The van der Waals surface area contributed by atoms with Crippen LogP contribution in [0.3, 0.4) is 0 Å². The molecule has 4 aliphatic heterocycles. The summed E-state index contributed by atoms with van der Waals surface area (Å²) in [6.07, 6.45) is 0. The first-order valence-corrected chi connectivity index (χ1v) is 23.6. The largest absolute Gasteiger partial charge is 0.456 e. The lowest BCUT2D eigenvalue weighted by atomic mass is 9.33. The van der Waals surface area contributed by atoms with Gasteiger partial charge >= 0.3 is 0 Å². The number of rotatable bonds is 2. The summed E-state index contributed by atoms with van der Waals surface area (Å²) in [7, 11) is -3.37. The van der Waals surface area contributed by atoms with Crippen LogP contribution in [0.5, 0.6) is 11.5 Å². The number of benzene rings is 9. The molecule has 0 amide bonds. The molecule has 4 aliphatic rings. The van der Waals surface area contributed by atoms with Crippen molar-refractivity contribution in [3.8, 4) is 11.5 Å². The highest BCUT2D eigenvalue weighted by Gasteiger charge is 2.51. The molecule has 15 rings (SSSR count). The van der Waals surface area contributed by atoms with E-state index in [0.717, 1.165) is 65.3 Å². The third-order valence-electron chi connectivity index (χ3n) is 13.7. The van der Waals surface area contributed by atoms with Crippen LogP contribution in [0.25, 0.3) is 38.1 Å². The minimum atomic E-state index is -3.37. The van der Waals surface area contributed by atoms with Crippen molar-refractivity contribution in [3.63, 3.8) is 0 Å². The van der Waals surface area contributed by atoms with Crippen molar-refractivity contribution >= 4 is 130 Å². The van der Waals surface area contributed by atoms with E-state index in [1.807, 2.05) is 30.3 Å². The molecular weight excluding hydrogens is 796 g/mol. The second-order valence-electron chi connectivity index (χ2n) is 16.7. The average Bonchev–Trinajstić information content (AvgIpc) is 3.84. The molecular formula is C54H31BN3O2PS. The summed E-state index contributed by atoms with van der Waals surface area (Å²) in [6.45, 7) is -0.183. The van der Waals surface area contributed by atoms with Gasteiger partial charge in [0, 0.05) is 60.2 Å². The maximum atomic E-state index is 16.4. The van der Waals surface area contributed by atoms with Crippen molar-refractivity contribution in [2.24, 2.45) is 0 Å². The normalized spacial score (nSPS) is 16.5. The summed E-state index contributed by atoms with van der Waals surface area (Å²) in [5, 5.41) is 7.44. The second-order valence-corrected chi connectivity index (χ2v) is 20.4. The predicted octanol–water partition coefficient (Wildman–Crippen LogP) is 11.1. The zero-order valence-electron chi connectivity index (χ0n) is 33.0. The summed E-state index contributed by atoms with van der Waals surface area (Å²) >= 11 is 1.73. The monoisotopic (exact) mass is 827 g/mol. The van der Waals surface area contributed by atoms with Gasteiger partial charge in [-0.2, -0.15) is 0 Å². The Morgan fingerprint density at radius 3 is 1.97 bits per heavy atom. The number of aromatic nitrogens is 1. The van der Waals surface area contributed by atoms with E-state index in [-0.39, 0.29) is 6.71 Å². The van der Waals surface area contributed by atoms with Crippen LogP contribution in [0.2, 0.25) is 0 Å². The third-order valence-corrected chi connectivity index (χ3v) is 18.4. The molecule has 1 unspecified atom stereocenters. The van der Waals surface area contributed by atoms with Crippen LogP contribution < -0.4 is 46.8 Å². The van der Waals surface area contributed by atoms with Gasteiger partial charge < -0.3 is 23.5 Å². The summed E-state index contributed by atoms with van der Waals surface area (Å²) in [4.78, 5) is 6.92. The maximum absolute atomic E-state index is 16.4. The molecule has 0 spiro atoms. The quantitative estimate of drug-likeness (QED) is 0.128. The number of hydrogen-bond acceptors (Lipinski definition) is 5. The molecule has 6 heterocycles. The molecule has 0 N–H and O–H groups in total. The van der Waals surface area contributed by atoms with E-state index in [1.165, 1.54) is 49.0 Å². The van der Waals surface area contributed by atoms with Gasteiger partial charge in [-0.25, -0.2) is 0 Å². The standard InChI is InChI=1S/C54H31BN3O2PS/c59-61-47-26-10-9-25-45(47)60-46-31-39-52(54(53(46)61)62-49-28-12-11-27-48(49)61)57(33-17-5-2-6-18-33)42-24-14-23-41-50(42)55(39)38-30-43-37(29-44(38)56(41)32-15-3-1-4-16-32)36-21-13-20-35-34-19-7-8-22-40(34)58(43)51(35)36/h1-31H. The van der Waals surface area contributed by atoms with Crippen molar-refractivity contribution in [2.45, 2.75) is 9.79 Å². The van der Waals surface area contributed by atoms with E-state index < -0.39 is 7.14 Å². The molecule has 0 bridgehead atoms. The molecule has 2 aromatic heterocycles. The first-order valence-electron chi connectivity index (χ1n) is 21.1. The van der Waals surface area contributed by atoms with Gasteiger partial charge in [0.2, 0.25) is 0 Å². The van der Waals surface area contributed by atoms with Crippen molar-refractivity contribution < 1.29 is 9.30 Å². The first-order chi connectivity index (χ1) is 30.7. The van der Waals surface area contributed by atoms with Crippen LogP contribution in [0.4, 0.5) is 34.1 Å². The van der Waals surface area contributed by atoms with Gasteiger partial charge in [0.15, 0.2) is 7.14 Å². The van der Waals surface area contributed by atoms with E-state index in [0.29, 0.717) is 11.5 Å². The highest BCUT2D eigenvalue weighted by Crippen LogP contribution is 2.61. The molecule has 5 nitrogen and oxygen atoms in total. The molecule has 9 aromatic carbocycles. The Balaban J connectivity index is 1.12. The Hall–Kier alpha value is -7.18. The topological polar surface area (TPSA) is 37.2 Å². The fourth-order valence-corrected chi connectivity index (χ4v) is 16.4. The molecule has 288 valence electrons. The number of anilines is 6. The van der Waals surface area contributed by atoms with E-state index in [4.69, 9.17) is 4.74 Å². The first kappa shape index (κ1) is 33.5. The average molecular weight is 828 g/mol. The lowest BCUT2D eigenvalue weighted by molar-refractivity contribution is 0.484. The molecule has 8 heteroatoms. The summed E-state index contributed by atoms with van der Waals surface area (Å²) in [5.41, 5.74) is 13.8. The van der Waals surface area contributed by atoms with Crippen LogP contribution in [0.15, 0.2) is 198 Å². The van der Waals surface area contributed by atoms with Gasteiger partial charge in [0.25, 0.3) is 6.71 Å². The molecule has 0 aliphatic carbocycles. The van der Waals surface area contributed by atoms with Crippen LogP contribution in [0.1, 0.15) is 0 Å². The maximum Gasteiger partial charge on any atom is 0.252 e. The Bertz CT molecular complexity index is 3820. The Morgan fingerprint density at radius 1 is 0.500 bits per heavy atom. The van der Waals surface area contributed by atoms with E-state index in [1.54, 1.807) is 11.8 Å². The predicted molar refractivity (Wildman–Crippen MR) is 259 cm³/mol. The van der Waals surface area contributed by atoms with Gasteiger partial charge in [-0.3, -0.25) is 0 Å². The number of nitrogens with zero attached hydrogens (tertiary/aromatic N) is 3. The van der Waals surface area contributed by atoms with Crippen molar-refractivity contribution in [2.75, 3.05) is 9.80 Å². The molecule has 0 saturated heterocycles. The van der Waals surface area contributed by atoms with Crippen LogP contribution >= 0.6 is 18.9 Å². The van der Waals surface area contributed by atoms with Crippen molar-refractivity contribution in [1.82, 2.24) is 4.40 Å². The Kier molecular flexibility index (Phi) is 6.38. The van der Waals surface area contributed by atoms with Gasteiger partial charge in [-0.1, -0.05) is 115 Å². The fourth-order valence-electron chi connectivity index (χ4n) is 11.3. The molecule has 0 fully saturated rings. The van der Waals surface area contributed by atoms with E-state index >= 15 is 4.57 Å². The van der Waals surface area contributed by atoms with Crippen LogP contribution in [-0.2, 0) is 4.57 Å². The summed E-state index contributed by atoms with van der Waals surface area (Å²) in [5.74, 6) is 1.33. The van der Waals surface area contributed by atoms with Crippen LogP contribution in [0, 0.1) is 0 Å². The lowest BCUT2D eigenvalue weighted by Crippen LogP contribution is -2.62. The zero-order valence-corrected chi connectivity index (χ0v) is 34.7. The SMILES string of the molecule is O=P12c3ccccc3Oc3cc4c(c(c31)Sc1ccccc12)N(c1ccccc1)c1cccc2c1B4c1cc3c(cc1N2c1ccccc1)c1cccc2c4ccccc4n3c21.